The molecule has 5 atom stereocenters. The lowest BCUT2D eigenvalue weighted by Crippen LogP contribution is -2.54. The summed E-state index contributed by atoms with van der Waals surface area (Å²) in [7, 11) is 0. The minimum Gasteiger partial charge on any atom is -0.486 e. The van der Waals surface area contributed by atoms with Gasteiger partial charge in [0.1, 0.15) is 24.4 Å². The summed E-state index contributed by atoms with van der Waals surface area (Å²) in [5.41, 5.74) is 4.17. The normalized spacial score (nSPS) is 19.9. The van der Waals surface area contributed by atoms with Crippen LogP contribution in [0, 0.1) is 11.8 Å². The Morgan fingerprint density at radius 2 is 1.34 bits per heavy atom. The average Bonchev–Trinajstić information content (AvgIpc) is 3.76. The fourth-order valence-corrected chi connectivity index (χ4v) is 7.82. The molecule has 0 radical (unpaired) electrons. The van der Waals surface area contributed by atoms with Crippen molar-refractivity contribution in [1.29, 1.82) is 0 Å². The Labute approximate surface area is 347 Å². The van der Waals surface area contributed by atoms with E-state index in [0.717, 1.165) is 27.1 Å². The van der Waals surface area contributed by atoms with Gasteiger partial charge < -0.3 is 25.8 Å². The zero-order valence-electron chi connectivity index (χ0n) is 32.7. The van der Waals surface area contributed by atoms with Crippen LogP contribution < -0.4 is 20.7 Å². The number of ketones is 2. The van der Waals surface area contributed by atoms with Gasteiger partial charge in [-0.05, 0) is 77.6 Å². The number of carbonyl (C=O) groups is 6. The summed E-state index contributed by atoms with van der Waals surface area (Å²) in [5, 5.41) is 19.8. The maximum Gasteiger partial charge on any atom is 0.325 e. The number of nitrogens with one attached hydrogen (secondary N) is 3. The molecule has 4 aromatic carbocycles. The van der Waals surface area contributed by atoms with Crippen LogP contribution in [0.1, 0.15) is 41.3 Å². The first-order valence-electron chi connectivity index (χ1n) is 19.6. The third-order valence-electron chi connectivity index (χ3n) is 10.3. The molecule has 0 saturated heterocycles. The van der Waals surface area contributed by atoms with Crippen molar-refractivity contribution >= 4 is 46.6 Å². The van der Waals surface area contributed by atoms with Crippen molar-refractivity contribution in [3.05, 3.63) is 148 Å². The number of carboxylic acid groups (broad SMARTS) is 1. The van der Waals surface area contributed by atoms with Gasteiger partial charge in [-0.3, -0.25) is 28.8 Å². The van der Waals surface area contributed by atoms with E-state index in [9.17, 15) is 33.9 Å². The quantitative estimate of drug-likeness (QED) is 0.138. The Morgan fingerprint density at radius 3 is 2.00 bits per heavy atom. The van der Waals surface area contributed by atoms with Crippen LogP contribution in [0.4, 0.5) is 0 Å². The van der Waals surface area contributed by atoms with Crippen LogP contribution in [0.25, 0.3) is 11.1 Å². The number of ether oxygens (including phenoxy) is 1. The predicted molar refractivity (Wildman–Crippen MR) is 225 cm³/mol. The second kappa shape index (κ2) is 20.3. The lowest BCUT2D eigenvalue weighted by atomic mass is 9.89. The minimum atomic E-state index is -1.23. The van der Waals surface area contributed by atoms with E-state index < -0.39 is 59.4 Å². The topological polar surface area (TPSA) is 168 Å². The number of hydrogen-bond donors (Lipinski definition) is 4. The number of carboxylic acids is 1. The van der Waals surface area contributed by atoms with Gasteiger partial charge >= 0.3 is 5.97 Å². The monoisotopic (exact) mass is 813 g/mol. The molecule has 0 fully saturated rings. The van der Waals surface area contributed by atoms with Crippen molar-refractivity contribution in [3.8, 4) is 16.9 Å². The van der Waals surface area contributed by atoms with Crippen molar-refractivity contribution in [2.24, 2.45) is 11.8 Å². The second-order valence-electron chi connectivity index (χ2n) is 14.9. The molecular weight excluding hydrogens is 767 g/mol. The summed E-state index contributed by atoms with van der Waals surface area (Å²) in [6.07, 6.45) is 0.0689. The largest absolute Gasteiger partial charge is 0.486 e. The average molecular weight is 814 g/mol. The highest BCUT2D eigenvalue weighted by Crippen LogP contribution is 2.23. The minimum absolute atomic E-state index is 0.0771. The standard InChI is InChI=1S/C47H47N3O8S/c1-30(47(56)57)48-44(53)36-23-32-16-20-39(21-17-32)58-29-38(51)26-37(27-40-13-8-22-59-40)45(54)50-42(25-33-14-18-35(19-15-33)34-11-6-3-7-12-34)46(55)49-41(43(52)28-36)24-31-9-4-2-5-10-31/h2-22,30,36-37,41-42H,23-29H2,1H3,(H,48,53)(H,49,55)(H,50,54)(H,56,57)/t30-,36-,37+,41+,42-/m1/s1. The highest BCUT2D eigenvalue weighted by molar-refractivity contribution is 7.09. The van der Waals surface area contributed by atoms with Gasteiger partial charge in [0, 0.05) is 36.0 Å². The summed E-state index contributed by atoms with van der Waals surface area (Å²) in [6, 6.07) is 33.6. The predicted octanol–water partition coefficient (Wildman–Crippen LogP) is 5.79. The molecule has 12 heteroatoms. The highest BCUT2D eigenvalue weighted by atomic mass is 32.1. The Balaban J connectivity index is 1.36. The number of aliphatic carboxylic acids is 1. The number of fused-ring (bicyclic) bond motifs is 16. The molecule has 59 heavy (non-hydrogen) atoms. The Kier molecular flexibility index (Phi) is 14.6. The van der Waals surface area contributed by atoms with Gasteiger partial charge in [-0.25, -0.2) is 0 Å². The summed E-state index contributed by atoms with van der Waals surface area (Å²) in [4.78, 5) is 82.8. The summed E-state index contributed by atoms with van der Waals surface area (Å²) >= 11 is 1.47. The molecule has 11 nitrogen and oxygen atoms in total. The van der Waals surface area contributed by atoms with Crippen LogP contribution in [-0.4, -0.2) is 65.1 Å². The Morgan fingerprint density at radius 1 is 0.712 bits per heavy atom. The van der Waals surface area contributed by atoms with Crippen LogP contribution in [0.3, 0.4) is 0 Å². The van der Waals surface area contributed by atoms with Gasteiger partial charge in [0.15, 0.2) is 11.6 Å². The second-order valence-corrected chi connectivity index (χ2v) is 15.9. The lowest BCUT2D eigenvalue weighted by molar-refractivity contribution is -0.142. The maximum atomic E-state index is 14.5. The fourth-order valence-electron chi connectivity index (χ4n) is 7.03. The van der Waals surface area contributed by atoms with Crippen molar-refractivity contribution in [2.75, 3.05) is 6.61 Å². The molecule has 4 N–H and O–H groups in total. The number of thiophene rings is 1. The molecule has 3 heterocycles. The molecule has 0 spiro atoms. The van der Waals surface area contributed by atoms with E-state index >= 15 is 0 Å². The summed E-state index contributed by atoms with van der Waals surface area (Å²) in [6.45, 7) is 1.05. The van der Waals surface area contributed by atoms with Crippen molar-refractivity contribution in [3.63, 3.8) is 0 Å². The lowest BCUT2D eigenvalue weighted by Gasteiger charge is -2.26. The van der Waals surface area contributed by atoms with E-state index in [1.807, 2.05) is 102 Å². The van der Waals surface area contributed by atoms with Crippen molar-refractivity contribution in [1.82, 2.24) is 16.0 Å². The number of benzene rings is 4. The molecule has 1 aromatic heterocycles. The molecule has 2 bridgehead atoms. The zero-order chi connectivity index (χ0) is 41.7. The van der Waals surface area contributed by atoms with Crippen molar-refractivity contribution < 1.29 is 38.6 Å². The SMILES string of the molecule is C[C@@H](NC(=O)[C@H]1CC(=O)[C@H](Cc2ccccc2)NC(=O)[C@@H](Cc2ccc(-c3ccccc3)cc2)NC(=O)[C@H](Cc2cccs2)CC(=O)COc2ccc(cc2)C1)C(=O)O. The van der Waals surface area contributed by atoms with Crippen molar-refractivity contribution in [2.45, 2.75) is 63.6 Å². The maximum absolute atomic E-state index is 14.5. The molecule has 5 aromatic rings. The molecular formula is C47H47N3O8S. The van der Waals surface area contributed by atoms with Gasteiger partial charge in [0.25, 0.3) is 0 Å². The molecule has 3 amide bonds. The van der Waals surface area contributed by atoms with Crippen LogP contribution in [-0.2, 0) is 54.5 Å². The van der Waals surface area contributed by atoms with E-state index in [-0.39, 0.29) is 50.9 Å². The smallest absolute Gasteiger partial charge is 0.325 e. The third-order valence-corrected chi connectivity index (χ3v) is 11.2. The first-order valence-corrected chi connectivity index (χ1v) is 20.5. The van der Waals surface area contributed by atoms with Gasteiger partial charge in [0.05, 0.1) is 6.04 Å². The number of hydrogen-bond acceptors (Lipinski definition) is 8. The Bertz CT molecular complexity index is 2210. The molecule has 0 aliphatic carbocycles. The first kappa shape index (κ1) is 42.2. The van der Waals surface area contributed by atoms with Gasteiger partial charge in [-0.2, -0.15) is 0 Å². The third kappa shape index (κ3) is 12.3. The van der Waals surface area contributed by atoms with E-state index in [0.29, 0.717) is 11.3 Å². The molecule has 0 saturated carbocycles. The molecule has 304 valence electrons. The van der Waals surface area contributed by atoms with Crippen LogP contribution >= 0.6 is 11.3 Å². The molecule has 7 rings (SSSR count). The highest BCUT2D eigenvalue weighted by Gasteiger charge is 2.33. The van der Waals surface area contributed by atoms with Gasteiger partial charge in [-0.1, -0.05) is 103 Å². The van der Waals surface area contributed by atoms with Crippen LogP contribution in [0.5, 0.6) is 5.75 Å². The van der Waals surface area contributed by atoms with E-state index in [2.05, 4.69) is 16.0 Å². The number of amides is 3. The van der Waals surface area contributed by atoms with E-state index in [1.54, 1.807) is 24.3 Å². The zero-order valence-corrected chi connectivity index (χ0v) is 33.5. The molecule has 2 aliphatic rings. The number of rotatable bonds is 10. The number of carbonyl (C=O) groups excluding carboxylic acids is 5. The van der Waals surface area contributed by atoms with E-state index in [4.69, 9.17) is 4.74 Å². The van der Waals surface area contributed by atoms with Gasteiger partial charge in [-0.15, -0.1) is 11.3 Å². The Hall–Kier alpha value is -6.40. The fraction of sp³-hybridized carbons (Fsp3) is 0.277. The molecule has 2 aliphatic heterocycles. The van der Waals surface area contributed by atoms with Crippen LogP contribution in [0.2, 0.25) is 0 Å². The van der Waals surface area contributed by atoms with Gasteiger partial charge in [0.2, 0.25) is 17.7 Å². The molecule has 0 unspecified atom stereocenters. The number of Topliss-reactive ketones (excluding diaryl/α,β-unsaturated/α-hetero) is 2. The van der Waals surface area contributed by atoms with E-state index in [1.165, 1.54) is 18.3 Å². The summed E-state index contributed by atoms with van der Waals surface area (Å²) < 4.78 is 5.81. The van der Waals surface area contributed by atoms with Crippen LogP contribution in [0.15, 0.2) is 127 Å². The first-order chi connectivity index (χ1) is 28.5. The summed E-state index contributed by atoms with van der Waals surface area (Å²) in [5.74, 6) is -5.14.